The number of piperidine rings is 1. The highest BCUT2D eigenvalue weighted by molar-refractivity contribution is 5.82. The third-order valence-corrected chi connectivity index (χ3v) is 4.20. The molecule has 3 fully saturated rings. The Kier molecular flexibility index (Phi) is 2.01. The molecular weight excluding hydrogens is 176 g/mol. The van der Waals surface area contributed by atoms with Gasteiger partial charge >= 0.3 is 0 Å². The molecular formula is C11H18N2O. The van der Waals surface area contributed by atoms with E-state index in [4.69, 9.17) is 0 Å². The van der Waals surface area contributed by atoms with Gasteiger partial charge in [0.15, 0.2) is 0 Å². The van der Waals surface area contributed by atoms with Gasteiger partial charge < -0.3 is 10.2 Å². The standard InChI is InChI=1S/C11H18N2O/c14-11-10-2-1-8(10)7-13(11)9-3-5-12-6-4-9/h8-10,12H,1-7H2. The number of fused-ring (bicyclic) bond motifs is 1. The van der Waals surface area contributed by atoms with Gasteiger partial charge in [-0.3, -0.25) is 4.79 Å². The Morgan fingerprint density at radius 2 is 1.93 bits per heavy atom. The number of carbonyl (C=O) groups excluding carboxylic acids is 1. The predicted molar refractivity (Wildman–Crippen MR) is 53.8 cm³/mol. The second kappa shape index (κ2) is 3.23. The lowest BCUT2D eigenvalue weighted by atomic mass is 9.76. The highest BCUT2D eigenvalue weighted by Crippen LogP contribution is 2.42. The maximum absolute atomic E-state index is 12.0. The van der Waals surface area contributed by atoms with Crippen molar-refractivity contribution < 1.29 is 4.79 Å². The summed E-state index contributed by atoms with van der Waals surface area (Å²) < 4.78 is 0. The third-order valence-electron chi connectivity index (χ3n) is 4.20. The van der Waals surface area contributed by atoms with E-state index in [9.17, 15) is 4.79 Å². The Hall–Kier alpha value is -0.570. The topological polar surface area (TPSA) is 32.3 Å². The van der Waals surface area contributed by atoms with Crippen molar-refractivity contribution in [2.24, 2.45) is 11.8 Å². The van der Waals surface area contributed by atoms with Crippen molar-refractivity contribution >= 4 is 5.91 Å². The van der Waals surface area contributed by atoms with Crippen molar-refractivity contribution in [1.29, 1.82) is 0 Å². The molecule has 1 aliphatic carbocycles. The van der Waals surface area contributed by atoms with Crippen LogP contribution in [0.2, 0.25) is 0 Å². The number of carbonyl (C=O) groups is 1. The maximum atomic E-state index is 12.0. The molecule has 1 amide bonds. The van der Waals surface area contributed by atoms with Crippen LogP contribution in [0.1, 0.15) is 25.7 Å². The van der Waals surface area contributed by atoms with Gasteiger partial charge in [0.05, 0.1) is 0 Å². The van der Waals surface area contributed by atoms with Crippen LogP contribution in [-0.4, -0.2) is 36.5 Å². The van der Waals surface area contributed by atoms with Crippen LogP contribution in [0.25, 0.3) is 0 Å². The summed E-state index contributed by atoms with van der Waals surface area (Å²) in [5.74, 6) is 1.61. The lowest BCUT2D eigenvalue weighted by Crippen LogP contribution is -2.44. The molecule has 3 rings (SSSR count). The summed E-state index contributed by atoms with van der Waals surface area (Å²) in [4.78, 5) is 14.2. The van der Waals surface area contributed by atoms with E-state index < -0.39 is 0 Å². The zero-order chi connectivity index (χ0) is 9.54. The number of amides is 1. The van der Waals surface area contributed by atoms with Gasteiger partial charge in [0, 0.05) is 18.5 Å². The summed E-state index contributed by atoms with van der Waals surface area (Å²) in [6, 6.07) is 0.550. The summed E-state index contributed by atoms with van der Waals surface area (Å²) in [5, 5.41) is 3.35. The fourth-order valence-electron chi connectivity index (χ4n) is 3.12. The molecule has 3 heteroatoms. The van der Waals surface area contributed by atoms with Crippen LogP contribution in [0.4, 0.5) is 0 Å². The predicted octanol–water partition coefficient (Wildman–Crippen LogP) is 0.607. The molecule has 0 spiro atoms. The van der Waals surface area contributed by atoms with Crippen molar-refractivity contribution in [2.75, 3.05) is 19.6 Å². The SMILES string of the molecule is O=C1C2CCC2CN1C1CCNCC1. The average molecular weight is 194 g/mol. The van der Waals surface area contributed by atoms with Gasteiger partial charge in [-0.15, -0.1) is 0 Å². The zero-order valence-electron chi connectivity index (χ0n) is 8.54. The van der Waals surface area contributed by atoms with Gasteiger partial charge in [0.1, 0.15) is 0 Å². The number of hydrogen-bond donors (Lipinski definition) is 1. The van der Waals surface area contributed by atoms with Gasteiger partial charge in [-0.1, -0.05) is 0 Å². The highest BCUT2D eigenvalue weighted by atomic mass is 16.2. The lowest BCUT2D eigenvalue weighted by molar-refractivity contribution is -0.134. The van der Waals surface area contributed by atoms with Crippen LogP contribution < -0.4 is 5.32 Å². The van der Waals surface area contributed by atoms with Crippen LogP contribution in [0.3, 0.4) is 0 Å². The Morgan fingerprint density at radius 3 is 2.43 bits per heavy atom. The van der Waals surface area contributed by atoms with Crippen molar-refractivity contribution in [3.05, 3.63) is 0 Å². The van der Waals surface area contributed by atoms with E-state index in [2.05, 4.69) is 10.2 Å². The molecule has 0 aromatic rings. The molecule has 3 aliphatic rings. The quantitative estimate of drug-likeness (QED) is 0.663. The second-order valence-corrected chi connectivity index (χ2v) is 4.92. The molecule has 78 valence electrons. The van der Waals surface area contributed by atoms with Crippen molar-refractivity contribution in [1.82, 2.24) is 10.2 Å². The van der Waals surface area contributed by atoms with Crippen LogP contribution in [0.15, 0.2) is 0 Å². The first-order valence-corrected chi connectivity index (χ1v) is 5.87. The van der Waals surface area contributed by atoms with Crippen LogP contribution >= 0.6 is 0 Å². The molecule has 14 heavy (non-hydrogen) atoms. The molecule has 0 aromatic heterocycles. The first-order chi connectivity index (χ1) is 6.86. The van der Waals surface area contributed by atoms with Crippen molar-refractivity contribution in [3.63, 3.8) is 0 Å². The molecule has 0 aromatic carbocycles. The zero-order valence-corrected chi connectivity index (χ0v) is 8.54. The van der Waals surface area contributed by atoms with E-state index in [0.29, 0.717) is 17.9 Å². The van der Waals surface area contributed by atoms with Gasteiger partial charge in [0.2, 0.25) is 5.91 Å². The maximum Gasteiger partial charge on any atom is 0.226 e. The number of nitrogens with zero attached hydrogens (tertiary/aromatic N) is 1. The van der Waals surface area contributed by atoms with E-state index in [0.717, 1.165) is 44.8 Å². The largest absolute Gasteiger partial charge is 0.339 e. The molecule has 2 atom stereocenters. The van der Waals surface area contributed by atoms with E-state index in [-0.39, 0.29) is 0 Å². The molecule has 2 aliphatic heterocycles. The fraction of sp³-hybridized carbons (Fsp3) is 0.909. The Bertz CT molecular complexity index is 248. The second-order valence-electron chi connectivity index (χ2n) is 4.92. The number of hydrogen-bond acceptors (Lipinski definition) is 2. The smallest absolute Gasteiger partial charge is 0.226 e. The average Bonchev–Trinajstić information content (AvgIpc) is 2.38. The Morgan fingerprint density at radius 1 is 1.14 bits per heavy atom. The summed E-state index contributed by atoms with van der Waals surface area (Å²) >= 11 is 0. The normalized spacial score (nSPS) is 38.3. The fourth-order valence-corrected chi connectivity index (χ4v) is 3.12. The first kappa shape index (κ1) is 8.72. The summed E-state index contributed by atoms with van der Waals surface area (Å²) in [7, 11) is 0. The van der Waals surface area contributed by atoms with Crippen LogP contribution in [-0.2, 0) is 4.79 Å². The minimum Gasteiger partial charge on any atom is -0.339 e. The van der Waals surface area contributed by atoms with Crippen LogP contribution in [0.5, 0.6) is 0 Å². The number of rotatable bonds is 1. The van der Waals surface area contributed by atoms with E-state index in [1.165, 1.54) is 6.42 Å². The van der Waals surface area contributed by atoms with Gasteiger partial charge in [-0.25, -0.2) is 0 Å². The van der Waals surface area contributed by atoms with E-state index in [1.807, 2.05) is 0 Å². The molecule has 2 saturated heterocycles. The monoisotopic (exact) mass is 194 g/mol. The van der Waals surface area contributed by atoms with E-state index in [1.54, 1.807) is 0 Å². The van der Waals surface area contributed by atoms with Gasteiger partial charge in [-0.2, -0.15) is 0 Å². The third kappa shape index (κ3) is 1.18. The highest BCUT2D eigenvalue weighted by Gasteiger charge is 2.47. The minimum atomic E-state index is 0.421. The number of likely N-dealkylation sites (tertiary alicyclic amines) is 1. The minimum absolute atomic E-state index is 0.421. The molecule has 2 unspecified atom stereocenters. The van der Waals surface area contributed by atoms with Crippen molar-refractivity contribution in [3.8, 4) is 0 Å². The van der Waals surface area contributed by atoms with Crippen LogP contribution in [0, 0.1) is 11.8 Å². The molecule has 1 saturated carbocycles. The Labute approximate surface area is 84.8 Å². The summed E-state index contributed by atoms with van der Waals surface area (Å²) in [5.41, 5.74) is 0. The first-order valence-electron chi connectivity index (χ1n) is 5.87. The van der Waals surface area contributed by atoms with Gasteiger partial charge in [0.25, 0.3) is 0 Å². The summed E-state index contributed by atoms with van der Waals surface area (Å²) in [6.07, 6.45) is 4.76. The Balaban J connectivity index is 1.69. The summed E-state index contributed by atoms with van der Waals surface area (Å²) in [6.45, 7) is 3.24. The van der Waals surface area contributed by atoms with E-state index >= 15 is 0 Å². The number of nitrogens with one attached hydrogen (secondary N) is 1. The molecule has 3 nitrogen and oxygen atoms in total. The van der Waals surface area contributed by atoms with Crippen molar-refractivity contribution in [2.45, 2.75) is 31.7 Å². The lowest BCUT2D eigenvalue weighted by Gasteiger charge is -2.31. The molecule has 0 bridgehead atoms. The molecule has 2 heterocycles. The molecule has 1 N–H and O–H groups in total. The van der Waals surface area contributed by atoms with Gasteiger partial charge in [-0.05, 0) is 44.7 Å². The molecule has 0 radical (unpaired) electrons.